The zero-order valence-electron chi connectivity index (χ0n) is 12.7. The summed E-state index contributed by atoms with van der Waals surface area (Å²) in [5.74, 6) is 0.871. The Bertz CT molecular complexity index is 571. The number of hydrogen-bond donors (Lipinski definition) is 2. The van der Waals surface area contributed by atoms with Gasteiger partial charge >= 0.3 is 0 Å². The molecule has 0 bridgehead atoms. The first-order chi connectivity index (χ1) is 9.52. The number of anilines is 1. The standard InChI is InChI=1S/C17H25N3/c1-17(2,3)13-5-8-14(9-6-13)19-15-7-4-12-11-18-20-16(12)10-15/h4,7,10-11,13-14,19H,5-6,8-9H2,1-3H3,(H,18,20). The number of nitrogens with one attached hydrogen (secondary N) is 2. The van der Waals surface area contributed by atoms with Gasteiger partial charge in [-0.15, -0.1) is 0 Å². The smallest absolute Gasteiger partial charge is 0.0670 e. The predicted molar refractivity (Wildman–Crippen MR) is 84.9 cm³/mol. The van der Waals surface area contributed by atoms with Crippen molar-refractivity contribution in [2.24, 2.45) is 11.3 Å². The van der Waals surface area contributed by atoms with E-state index in [1.807, 2.05) is 6.20 Å². The molecular formula is C17H25N3. The van der Waals surface area contributed by atoms with Crippen molar-refractivity contribution in [3.05, 3.63) is 24.4 Å². The largest absolute Gasteiger partial charge is 0.382 e. The normalized spacial score (nSPS) is 23.9. The predicted octanol–water partition coefficient (Wildman–Crippen LogP) is 4.58. The van der Waals surface area contributed by atoms with E-state index >= 15 is 0 Å². The first kappa shape index (κ1) is 13.5. The molecule has 2 N–H and O–H groups in total. The quantitative estimate of drug-likeness (QED) is 0.839. The lowest BCUT2D eigenvalue weighted by Crippen LogP contribution is -2.31. The van der Waals surface area contributed by atoms with Crippen LogP contribution in [0.4, 0.5) is 5.69 Å². The Morgan fingerprint density at radius 1 is 1.15 bits per heavy atom. The van der Waals surface area contributed by atoms with Crippen LogP contribution in [0.25, 0.3) is 10.9 Å². The van der Waals surface area contributed by atoms with E-state index in [1.165, 1.54) is 36.8 Å². The molecule has 3 nitrogen and oxygen atoms in total. The fourth-order valence-electron chi connectivity index (χ4n) is 3.37. The third-order valence-electron chi connectivity index (χ3n) is 4.76. The van der Waals surface area contributed by atoms with Gasteiger partial charge in [0.15, 0.2) is 0 Å². The van der Waals surface area contributed by atoms with Crippen molar-refractivity contribution in [2.45, 2.75) is 52.5 Å². The molecule has 1 aliphatic carbocycles. The molecule has 20 heavy (non-hydrogen) atoms. The first-order valence-corrected chi connectivity index (χ1v) is 7.72. The molecule has 0 spiro atoms. The van der Waals surface area contributed by atoms with Crippen LogP contribution in [0.1, 0.15) is 46.5 Å². The van der Waals surface area contributed by atoms with Gasteiger partial charge < -0.3 is 5.32 Å². The van der Waals surface area contributed by atoms with Crippen LogP contribution in [0.15, 0.2) is 24.4 Å². The van der Waals surface area contributed by atoms with Crippen LogP contribution in [0.5, 0.6) is 0 Å². The van der Waals surface area contributed by atoms with Crippen LogP contribution in [0, 0.1) is 11.3 Å². The molecule has 1 aliphatic rings. The Morgan fingerprint density at radius 3 is 2.60 bits per heavy atom. The van der Waals surface area contributed by atoms with E-state index < -0.39 is 0 Å². The number of aromatic amines is 1. The maximum atomic E-state index is 4.07. The highest BCUT2D eigenvalue weighted by atomic mass is 15.1. The molecule has 0 atom stereocenters. The van der Waals surface area contributed by atoms with E-state index in [1.54, 1.807) is 0 Å². The molecule has 0 amide bonds. The number of nitrogens with zero attached hydrogens (tertiary/aromatic N) is 1. The van der Waals surface area contributed by atoms with Gasteiger partial charge in [-0.1, -0.05) is 20.8 Å². The summed E-state index contributed by atoms with van der Waals surface area (Å²) in [7, 11) is 0. The second-order valence-corrected chi connectivity index (χ2v) is 7.23. The molecule has 2 aromatic rings. The Morgan fingerprint density at radius 2 is 1.90 bits per heavy atom. The maximum Gasteiger partial charge on any atom is 0.0670 e. The summed E-state index contributed by atoms with van der Waals surface area (Å²) < 4.78 is 0. The SMILES string of the molecule is CC(C)(C)C1CCC(Nc2ccc3cn[nH]c3c2)CC1. The average Bonchev–Trinajstić information content (AvgIpc) is 2.86. The second kappa shape index (κ2) is 5.12. The number of aromatic nitrogens is 2. The summed E-state index contributed by atoms with van der Waals surface area (Å²) in [5.41, 5.74) is 2.78. The van der Waals surface area contributed by atoms with E-state index in [0.717, 1.165) is 11.4 Å². The third-order valence-corrected chi connectivity index (χ3v) is 4.76. The number of benzene rings is 1. The Balaban J connectivity index is 1.62. The summed E-state index contributed by atoms with van der Waals surface area (Å²) in [4.78, 5) is 0. The second-order valence-electron chi connectivity index (χ2n) is 7.23. The number of hydrogen-bond acceptors (Lipinski definition) is 2. The van der Waals surface area contributed by atoms with Crippen molar-refractivity contribution in [2.75, 3.05) is 5.32 Å². The number of fused-ring (bicyclic) bond motifs is 1. The molecule has 1 fully saturated rings. The van der Waals surface area contributed by atoms with E-state index in [-0.39, 0.29) is 0 Å². The van der Waals surface area contributed by atoms with Gasteiger partial charge in [-0.25, -0.2) is 0 Å². The Labute approximate surface area is 121 Å². The highest BCUT2D eigenvalue weighted by Crippen LogP contribution is 2.38. The topological polar surface area (TPSA) is 40.7 Å². The van der Waals surface area contributed by atoms with Gasteiger partial charge in [0.25, 0.3) is 0 Å². The van der Waals surface area contributed by atoms with E-state index in [2.05, 4.69) is 54.5 Å². The minimum atomic E-state index is 0.458. The molecule has 0 aliphatic heterocycles. The molecule has 0 saturated heterocycles. The molecule has 1 aromatic carbocycles. The van der Waals surface area contributed by atoms with Crippen molar-refractivity contribution in [1.82, 2.24) is 10.2 Å². The van der Waals surface area contributed by atoms with Crippen LogP contribution in [0.2, 0.25) is 0 Å². The summed E-state index contributed by atoms with van der Waals surface area (Å²) in [6, 6.07) is 7.07. The minimum Gasteiger partial charge on any atom is -0.382 e. The Kier molecular flexibility index (Phi) is 3.45. The van der Waals surface area contributed by atoms with Crippen molar-refractivity contribution in [3.63, 3.8) is 0 Å². The summed E-state index contributed by atoms with van der Waals surface area (Å²) in [6.07, 6.45) is 7.11. The highest BCUT2D eigenvalue weighted by molar-refractivity contribution is 5.81. The Hall–Kier alpha value is -1.51. The van der Waals surface area contributed by atoms with Gasteiger partial charge in [0, 0.05) is 17.1 Å². The molecule has 3 heteroatoms. The first-order valence-electron chi connectivity index (χ1n) is 7.72. The minimum absolute atomic E-state index is 0.458. The van der Waals surface area contributed by atoms with Gasteiger partial charge in [-0.2, -0.15) is 5.10 Å². The maximum absolute atomic E-state index is 4.07. The van der Waals surface area contributed by atoms with E-state index in [4.69, 9.17) is 0 Å². The van der Waals surface area contributed by atoms with Crippen LogP contribution in [0.3, 0.4) is 0 Å². The molecule has 1 saturated carbocycles. The van der Waals surface area contributed by atoms with Crippen LogP contribution < -0.4 is 5.32 Å². The van der Waals surface area contributed by atoms with Gasteiger partial charge in [-0.3, -0.25) is 5.10 Å². The van der Waals surface area contributed by atoms with Gasteiger partial charge in [-0.05, 0) is 55.2 Å². The molecule has 1 heterocycles. The zero-order valence-corrected chi connectivity index (χ0v) is 12.7. The van der Waals surface area contributed by atoms with Crippen LogP contribution in [-0.2, 0) is 0 Å². The van der Waals surface area contributed by atoms with Gasteiger partial charge in [0.1, 0.15) is 0 Å². The van der Waals surface area contributed by atoms with Crippen molar-refractivity contribution >= 4 is 16.6 Å². The van der Waals surface area contributed by atoms with Crippen LogP contribution in [-0.4, -0.2) is 16.2 Å². The fourth-order valence-corrected chi connectivity index (χ4v) is 3.37. The van der Waals surface area contributed by atoms with Crippen molar-refractivity contribution < 1.29 is 0 Å². The monoisotopic (exact) mass is 271 g/mol. The van der Waals surface area contributed by atoms with Crippen molar-refractivity contribution in [1.29, 1.82) is 0 Å². The molecule has 0 radical (unpaired) electrons. The molecule has 108 valence electrons. The van der Waals surface area contributed by atoms with E-state index in [0.29, 0.717) is 11.5 Å². The third kappa shape index (κ3) is 2.82. The summed E-state index contributed by atoms with van der Waals surface area (Å²) in [5, 5.41) is 12.0. The average molecular weight is 271 g/mol. The summed E-state index contributed by atoms with van der Waals surface area (Å²) in [6.45, 7) is 7.12. The zero-order chi connectivity index (χ0) is 14.2. The fraction of sp³-hybridized carbons (Fsp3) is 0.588. The van der Waals surface area contributed by atoms with Gasteiger partial charge in [0.2, 0.25) is 0 Å². The lowest BCUT2D eigenvalue weighted by Gasteiger charge is -2.37. The molecular weight excluding hydrogens is 246 g/mol. The highest BCUT2D eigenvalue weighted by Gasteiger charge is 2.29. The van der Waals surface area contributed by atoms with E-state index in [9.17, 15) is 0 Å². The molecule has 3 rings (SSSR count). The molecule has 1 aromatic heterocycles. The van der Waals surface area contributed by atoms with Gasteiger partial charge in [0.05, 0.1) is 11.7 Å². The van der Waals surface area contributed by atoms with Crippen molar-refractivity contribution in [3.8, 4) is 0 Å². The molecule has 0 unspecified atom stereocenters. The van der Waals surface area contributed by atoms with Crippen LogP contribution >= 0.6 is 0 Å². The summed E-state index contributed by atoms with van der Waals surface area (Å²) >= 11 is 0. The number of rotatable bonds is 2. The number of H-pyrrole nitrogens is 1. The lowest BCUT2D eigenvalue weighted by atomic mass is 9.71. The lowest BCUT2D eigenvalue weighted by molar-refractivity contribution is 0.173.